The molecule has 2 rings (SSSR count). The summed E-state index contributed by atoms with van der Waals surface area (Å²) in [5, 5.41) is 0.528. The van der Waals surface area contributed by atoms with E-state index in [0.717, 1.165) is 17.8 Å². The zero-order valence-corrected chi connectivity index (χ0v) is 19.6. The fraction of sp³-hybridized carbons (Fsp3) is 0.619. The lowest BCUT2D eigenvalue weighted by Gasteiger charge is -2.31. The monoisotopic (exact) mass is 431 g/mol. The fourth-order valence-electron chi connectivity index (χ4n) is 2.89. The van der Waals surface area contributed by atoms with Crippen LogP contribution in [0, 0.1) is 11.6 Å². The number of halogens is 2. The van der Waals surface area contributed by atoms with Gasteiger partial charge in [0.1, 0.15) is 6.73 Å². The number of hydrogen-bond acceptors (Lipinski definition) is 4. The van der Waals surface area contributed by atoms with Crippen molar-refractivity contribution in [2.45, 2.75) is 85.7 Å². The van der Waals surface area contributed by atoms with Crippen LogP contribution in [0.15, 0.2) is 18.2 Å². The van der Waals surface area contributed by atoms with Gasteiger partial charge in [0.25, 0.3) is 0 Å². The van der Waals surface area contributed by atoms with E-state index in [2.05, 4.69) is 0 Å². The molecule has 0 bridgehead atoms. The molecule has 164 valence electrons. The number of hydrogen-bond donors (Lipinski definition) is 0. The lowest BCUT2D eigenvalue weighted by Crippen LogP contribution is -2.25. The minimum absolute atomic E-state index is 0.204. The predicted octanol–water partition coefficient (Wildman–Crippen LogP) is 6.93. The van der Waals surface area contributed by atoms with Gasteiger partial charge in [0, 0.05) is 22.6 Å². The molecule has 0 aliphatic rings. The van der Waals surface area contributed by atoms with Gasteiger partial charge >= 0.3 is 7.82 Å². The molecule has 29 heavy (non-hydrogen) atoms. The Morgan fingerprint density at radius 1 is 0.862 bits per heavy atom. The standard InChI is InChI=1S/C21H32F2NO4P/c1-19(2,3)18-11-14-10-15(22)16(23)12-17(14)24(18)13-26-29(25,27-20(4,5)6)28-21(7,8)9/h10-12H,13H2,1-9H3. The number of rotatable bonds is 5. The minimum Gasteiger partial charge on any atom is -0.320 e. The Bertz CT molecular complexity index is 913. The fourth-order valence-corrected chi connectivity index (χ4v) is 4.63. The van der Waals surface area contributed by atoms with E-state index in [9.17, 15) is 13.3 Å². The number of benzene rings is 1. The Labute approximate surface area is 171 Å². The number of phosphoric acid groups is 1. The highest BCUT2D eigenvalue weighted by Gasteiger charge is 2.37. The lowest BCUT2D eigenvalue weighted by atomic mass is 9.92. The molecule has 0 aliphatic heterocycles. The first kappa shape index (κ1) is 24.0. The average molecular weight is 431 g/mol. The zero-order chi connectivity index (χ0) is 22.4. The second kappa shape index (κ2) is 7.77. The molecule has 0 amide bonds. The van der Waals surface area contributed by atoms with Crippen molar-refractivity contribution in [1.82, 2.24) is 4.57 Å². The number of aromatic nitrogens is 1. The molecule has 0 N–H and O–H groups in total. The molecule has 1 aromatic carbocycles. The van der Waals surface area contributed by atoms with Gasteiger partial charge in [-0.05, 0) is 53.7 Å². The average Bonchev–Trinajstić information content (AvgIpc) is 2.79. The van der Waals surface area contributed by atoms with Crippen LogP contribution in [0.3, 0.4) is 0 Å². The van der Waals surface area contributed by atoms with E-state index < -0.39 is 30.7 Å². The number of nitrogens with zero attached hydrogens (tertiary/aromatic N) is 1. The van der Waals surface area contributed by atoms with Gasteiger partial charge in [0.2, 0.25) is 0 Å². The summed E-state index contributed by atoms with van der Waals surface area (Å²) in [5.41, 5.74) is -0.694. The second-order valence-corrected chi connectivity index (χ2v) is 11.7. The molecule has 0 saturated heterocycles. The summed E-state index contributed by atoms with van der Waals surface area (Å²) in [5.74, 6) is -1.88. The molecule has 0 radical (unpaired) electrons. The van der Waals surface area contributed by atoms with Crippen LogP contribution >= 0.6 is 7.82 Å². The molecule has 8 heteroatoms. The summed E-state index contributed by atoms with van der Waals surface area (Å²) in [6.07, 6.45) is 0. The van der Waals surface area contributed by atoms with Crippen molar-refractivity contribution in [3.05, 3.63) is 35.5 Å². The third-order valence-corrected chi connectivity index (χ3v) is 5.80. The highest BCUT2D eigenvalue weighted by molar-refractivity contribution is 7.48. The van der Waals surface area contributed by atoms with Crippen molar-refractivity contribution in [3.63, 3.8) is 0 Å². The van der Waals surface area contributed by atoms with Gasteiger partial charge in [-0.3, -0.25) is 13.6 Å². The van der Waals surface area contributed by atoms with Crippen molar-refractivity contribution in [2.75, 3.05) is 0 Å². The van der Waals surface area contributed by atoms with Crippen molar-refractivity contribution in [2.24, 2.45) is 0 Å². The SMILES string of the molecule is CC(C)(C)OP(=O)(OCn1c(C(C)(C)C)cc2cc(F)c(F)cc21)OC(C)(C)C. The van der Waals surface area contributed by atoms with E-state index in [1.165, 1.54) is 0 Å². The van der Waals surface area contributed by atoms with Crippen molar-refractivity contribution < 1.29 is 26.9 Å². The molecule has 0 unspecified atom stereocenters. The largest absolute Gasteiger partial charge is 0.477 e. The van der Waals surface area contributed by atoms with Gasteiger partial charge in [-0.1, -0.05) is 20.8 Å². The molecule has 0 atom stereocenters. The third-order valence-electron chi connectivity index (χ3n) is 3.83. The quantitative estimate of drug-likeness (QED) is 0.482. The number of phosphoric ester groups is 1. The molecule has 0 aliphatic carbocycles. The molecule has 1 aromatic heterocycles. The topological polar surface area (TPSA) is 49.7 Å². The van der Waals surface area contributed by atoms with Crippen LogP contribution in [-0.4, -0.2) is 15.8 Å². The zero-order valence-electron chi connectivity index (χ0n) is 18.7. The van der Waals surface area contributed by atoms with Crippen LogP contribution in [0.25, 0.3) is 10.9 Å². The van der Waals surface area contributed by atoms with Gasteiger partial charge in [-0.15, -0.1) is 0 Å². The molecule has 0 saturated carbocycles. The van der Waals surface area contributed by atoms with Crippen LogP contribution in [0.4, 0.5) is 8.78 Å². The Morgan fingerprint density at radius 3 is 1.79 bits per heavy atom. The highest BCUT2D eigenvalue weighted by atomic mass is 31.2. The first-order chi connectivity index (χ1) is 12.9. The van der Waals surface area contributed by atoms with Crippen LogP contribution < -0.4 is 0 Å². The summed E-state index contributed by atoms with van der Waals surface area (Å²) in [6, 6.07) is 4.04. The molecule has 0 spiro atoms. The maximum atomic E-state index is 13.9. The maximum Gasteiger partial charge on any atom is 0.477 e. The third kappa shape index (κ3) is 6.35. The van der Waals surface area contributed by atoms with Crippen molar-refractivity contribution in [3.8, 4) is 0 Å². The molecular formula is C21H32F2NO4P. The van der Waals surface area contributed by atoms with Crippen LogP contribution in [0.2, 0.25) is 0 Å². The molecule has 2 aromatic rings. The summed E-state index contributed by atoms with van der Waals surface area (Å²) in [4.78, 5) is 0. The summed E-state index contributed by atoms with van der Waals surface area (Å²) in [7, 11) is -3.96. The van der Waals surface area contributed by atoms with Gasteiger partial charge in [-0.25, -0.2) is 13.3 Å². The molecule has 0 fully saturated rings. The van der Waals surface area contributed by atoms with Gasteiger partial charge in [-0.2, -0.15) is 0 Å². The van der Waals surface area contributed by atoms with E-state index in [4.69, 9.17) is 13.6 Å². The van der Waals surface area contributed by atoms with Crippen molar-refractivity contribution in [1.29, 1.82) is 0 Å². The Balaban J connectivity index is 2.50. The maximum absolute atomic E-state index is 13.9. The summed E-state index contributed by atoms with van der Waals surface area (Å²) in [6.45, 7) is 16.2. The Hall–Kier alpha value is -1.27. The van der Waals surface area contributed by atoms with Gasteiger partial charge in [0.05, 0.1) is 16.7 Å². The second-order valence-electron chi connectivity index (χ2n) is 10.1. The predicted molar refractivity (Wildman–Crippen MR) is 111 cm³/mol. The van der Waals surface area contributed by atoms with E-state index in [1.807, 2.05) is 20.8 Å². The van der Waals surface area contributed by atoms with Crippen LogP contribution in [0.5, 0.6) is 0 Å². The van der Waals surface area contributed by atoms with Crippen LogP contribution in [-0.2, 0) is 30.3 Å². The molecular weight excluding hydrogens is 399 g/mol. The minimum atomic E-state index is -3.96. The molecule has 1 heterocycles. The highest BCUT2D eigenvalue weighted by Crippen LogP contribution is 2.55. The van der Waals surface area contributed by atoms with E-state index in [1.54, 1.807) is 52.2 Å². The van der Waals surface area contributed by atoms with Crippen molar-refractivity contribution >= 4 is 18.7 Å². The normalized spacial score (nSPS) is 14.0. The lowest BCUT2D eigenvalue weighted by molar-refractivity contribution is -0.00613. The summed E-state index contributed by atoms with van der Waals surface area (Å²) < 4.78 is 59.7. The van der Waals surface area contributed by atoms with E-state index in [-0.39, 0.29) is 12.1 Å². The summed E-state index contributed by atoms with van der Waals surface area (Å²) >= 11 is 0. The first-order valence-corrected chi connectivity index (χ1v) is 11.0. The van der Waals surface area contributed by atoms with E-state index in [0.29, 0.717) is 10.9 Å². The Morgan fingerprint density at radius 2 is 1.34 bits per heavy atom. The van der Waals surface area contributed by atoms with E-state index >= 15 is 0 Å². The Kier molecular flexibility index (Phi) is 6.43. The van der Waals surface area contributed by atoms with Gasteiger partial charge < -0.3 is 4.57 Å². The smallest absolute Gasteiger partial charge is 0.320 e. The van der Waals surface area contributed by atoms with Gasteiger partial charge in [0.15, 0.2) is 11.6 Å². The molecule has 5 nitrogen and oxygen atoms in total. The first-order valence-electron chi connectivity index (χ1n) is 9.55. The van der Waals surface area contributed by atoms with Crippen LogP contribution in [0.1, 0.15) is 68.0 Å². The number of fused-ring (bicyclic) bond motifs is 1.